The van der Waals surface area contributed by atoms with Gasteiger partial charge in [-0.15, -0.1) is 0 Å². The number of nitrogens with two attached hydrogens (primary N) is 1. The van der Waals surface area contributed by atoms with Crippen molar-refractivity contribution in [1.82, 2.24) is 14.8 Å². The van der Waals surface area contributed by atoms with Gasteiger partial charge in [-0.2, -0.15) is 5.10 Å². The zero-order valence-corrected chi connectivity index (χ0v) is 13.1. The molecule has 2 aromatic heterocycles. The van der Waals surface area contributed by atoms with Crippen molar-refractivity contribution in [2.45, 2.75) is 39.8 Å². The number of rotatable bonds is 4. The zero-order valence-electron chi connectivity index (χ0n) is 11.5. The number of nitrogens with zero attached hydrogens (tertiary/aromatic N) is 3. The highest BCUT2D eigenvalue weighted by Crippen LogP contribution is 2.28. The quantitative estimate of drug-likeness (QED) is 0.940. The number of hydrogen-bond donors (Lipinski definition) is 1. The Kier molecular flexibility index (Phi) is 4.37. The van der Waals surface area contributed by atoms with Crippen molar-refractivity contribution in [2.24, 2.45) is 5.73 Å². The van der Waals surface area contributed by atoms with Crippen molar-refractivity contribution in [1.29, 1.82) is 0 Å². The predicted octanol–water partition coefficient (Wildman–Crippen LogP) is 3.12. The van der Waals surface area contributed by atoms with Gasteiger partial charge in [-0.1, -0.05) is 13.0 Å². The maximum Gasteiger partial charge on any atom is 0.0752 e. The van der Waals surface area contributed by atoms with E-state index >= 15 is 0 Å². The van der Waals surface area contributed by atoms with Gasteiger partial charge in [0.05, 0.1) is 22.4 Å². The molecule has 5 heteroatoms. The van der Waals surface area contributed by atoms with Gasteiger partial charge in [0.2, 0.25) is 0 Å². The summed E-state index contributed by atoms with van der Waals surface area (Å²) in [6.45, 7) is 6.98. The monoisotopic (exact) mass is 322 g/mol. The van der Waals surface area contributed by atoms with E-state index in [4.69, 9.17) is 5.73 Å². The fraction of sp³-hybridized carbons (Fsp3) is 0.429. The molecule has 0 aromatic carbocycles. The number of aromatic nitrogens is 3. The molecule has 0 fully saturated rings. The first-order valence-electron chi connectivity index (χ1n) is 6.45. The van der Waals surface area contributed by atoms with Gasteiger partial charge in [0.25, 0.3) is 0 Å². The van der Waals surface area contributed by atoms with E-state index in [0.717, 1.165) is 40.1 Å². The van der Waals surface area contributed by atoms with Crippen LogP contribution in [0, 0.1) is 13.8 Å². The summed E-state index contributed by atoms with van der Waals surface area (Å²) < 4.78 is 2.92. The molecule has 0 aliphatic carbocycles. The fourth-order valence-electron chi connectivity index (χ4n) is 2.24. The van der Waals surface area contributed by atoms with Crippen molar-refractivity contribution in [2.75, 3.05) is 0 Å². The number of hydrogen-bond acceptors (Lipinski definition) is 3. The average molecular weight is 323 g/mol. The zero-order chi connectivity index (χ0) is 14.0. The topological polar surface area (TPSA) is 56.7 Å². The van der Waals surface area contributed by atoms with Gasteiger partial charge in [0.1, 0.15) is 0 Å². The summed E-state index contributed by atoms with van der Waals surface area (Å²) in [7, 11) is 0. The lowest BCUT2D eigenvalue weighted by Crippen LogP contribution is -2.19. The normalized spacial score (nSPS) is 12.7. The molecular weight excluding hydrogens is 304 g/mol. The molecule has 2 heterocycles. The van der Waals surface area contributed by atoms with Crippen molar-refractivity contribution in [3.05, 3.63) is 45.4 Å². The van der Waals surface area contributed by atoms with Crippen LogP contribution in [0.5, 0.6) is 0 Å². The maximum absolute atomic E-state index is 6.41. The predicted molar refractivity (Wildman–Crippen MR) is 80.0 cm³/mol. The summed E-state index contributed by atoms with van der Waals surface area (Å²) in [5, 5.41) is 4.37. The highest BCUT2D eigenvalue weighted by molar-refractivity contribution is 9.10. The number of halogens is 1. The lowest BCUT2D eigenvalue weighted by Gasteiger charge is -2.17. The van der Waals surface area contributed by atoms with Gasteiger partial charge in [-0.05, 0) is 47.8 Å². The minimum Gasteiger partial charge on any atom is -0.319 e. The van der Waals surface area contributed by atoms with E-state index in [1.165, 1.54) is 0 Å². The Hall–Kier alpha value is -1.20. The molecule has 0 amide bonds. The van der Waals surface area contributed by atoms with Gasteiger partial charge in [0.15, 0.2) is 0 Å². The fourth-order valence-corrected chi connectivity index (χ4v) is 2.79. The van der Waals surface area contributed by atoms with E-state index in [2.05, 4.69) is 39.0 Å². The van der Waals surface area contributed by atoms with Crippen LogP contribution in [-0.2, 0) is 6.54 Å². The molecule has 0 aliphatic heterocycles. The van der Waals surface area contributed by atoms with Crippen LogP contribution in [0.2, 0.25) is 0 Å². The summed E-state index contributed by atoms with van der Waals surface area (Å²) in [6, 6.07) is 3.84. The van der Waals surface area contributed by atoms with Crippen molar-refractivity contribution in [3.63, 3.8) is 0 Å². The Bertz CT molecular complexity index is 577. The van der Waals surface area contributed by atoms with E-state index < -0.39 is 0 Å². The summed E-state index contributed by atoms with van der Waals surface area (Å²) in [5.41, 5.74) is 10.5. The lowest BCUT2D eigenvalue weighted by atomic mass is 10.0. The molecule has 102 valence electrons. The van der Waals surface area contributed by atoms with Gasteiger partial charge < -0.3 is 5.73 Å². The molecule has 4 nitrogen and oxygen atoms in total. The molecule has 0 saturated carbocycles. The largest absolute Gasteiger partial charge is 0.319 e. The van der Waals surface area contributed by atoms with Crippen molar-refractivity contribution < 1.29 is 0 Å². The maximum atomic E-state index is 6.41. The van der Waals surface area contributed by atoms with Crippen LogP contribution in [0.1, 0.15) is 42.0 Å². The summed E-state index contributed by atoms with van der Waals surface area (Å²) >= 11 is 3.54. The second-order valence-corrected chi connectivity index (χ2v) is 5.56. The highest BCUT2D eigenvalue weighted by Gasteiger charge is 2.20. The van der Waals surface area contributed by atoms with Crippen LogP contribution in [0.3, 0.4) is 0 Å². The molecular formula is C14H19BrN4. The molecule has 0 radical (unpaired) electrons. The molecule has 0 bridgehead atoms. The Labute approximate surface area is 122 Å². The molecule has 2 N–H and O–H groups in total. The van der Waals surface area contributed by atoms with Gasteiger partial charge in [-0.25, -0.2) is 0 Å². The Balaban J connectivity index is 2.43. The van der Waals surface area contributed by atoms with Crippen molar-refractivity contribution >= 4 is 15.9 Å². The summed E-state index contributed by atoms with van der Waals surface area (Å²) in [5.74, 6) is 0. The third-order valence-electron chi connectivity index (χ3n) is 3.16. The first kappa shape index (κ1) is 14.2. The lowest BCUT2D eigenvalue weighted by molar-refractivity contribution is 0.557. The van der Waals surface area contributed by atoms with Crippen LogP contribution in [0.25, 0.3) is 0 Å². The van der Waals surface area contributed by atoms with E-state index in [-0.39, 0.29) is 6.04 Å². The summed E-state index contributed by atoms with van der Waals surface area (Å²) in [4.78, 5) is 4.48. The average Bonchev–Trinajstić information content (AvgIpc) is 2.70. The Morgan fingerprint density at radius 2 is 2.11 bits per heavy atom. The molecule has 0 aliphatic rings. The third kappa shape index (κ3) is 2.87. The third-order valence-corrected chi connectivity index (χ3v) is 3.78. The van der Waals surface area contributed by atoms with Crippen LogP contribution in [-0.4, -0.2) is 14.8 Å². The van der Waals surface area contributed by atoms with Gasteiger partial charge in [-0.3, -0.25) is 9.67 Å². The first-order chi connectivity index (χ1) is 9.04. The van der Waals surface area contributed by atoms with Gasteiger partial charge in [0, 0.05) is 17.9 Å². The first-order valence-corrected chi connectivity index (χ1v) is 7.24. The van der Waals surface area contributed by atoms with E-state index in [9.17, 15) is 0 Å². The van der Waals surface area contributed by atoms with E-state index in [1.807, 2.05) is 30.8 Å². The van der Waals surface area contributed by atoms with Crippen LogP contribution < -0.4 is 5.73 Å². The Morgan fingerprint density at radius 1 is 1.37 bits per heavy atom. The summed E-state index contributed by atoms with van der Waals surface area (Å²) in [6.07, 6.45) is 2.83. The second-order valence-electron chi connectivity index (χ2n) is 4.71. The number of aryl methyl sites for hydroxylation is 3. The molecule has 1 atom stereocenters. The smallest absolute Gasteiger partial charge is 0.0752 e. The van der Waals surface area contributed by atoms with E-state index in [1.54, 1.807) is 0 Å². The molecule has 2 aromatic rings. The molecule has 19 heavy (non-hydrogen) atoms. The highest BCUT2D eigenvalue weighted by atomic mass is 79.9. The minimum absolute atomic E-state index is 0.212. The van der Waals surface area contributed by atoms with Gasteiger partial charge >= 0.3 is 0 Å². The molecule has 0 saturated heterocycles. The van der Waals surface area contributed by atoms with Crippen LogP contribution in [0.4, 0.5) is 0 Å². The van der Waals surface area contributed by atoms with Crippen LogP contribution in [0.15, 0.2) is 22.8 Å². The second kappa shape index (κ2) is 5.84. The van der Waals surface area contributed by atoms with E-state index in [0.29, 0.717) is 0 Å². The van der Waals surface area contributed by atoms with Crippen LogP contribution >= 0.6 is 15.9 Å². The standard InChI is InChI=1S/C14H19BrN4/c1-4-7-19-14(12(15)8-17-19)13(16)11-6-5-9(2)18-10(11)3/h5-6,8,13H,4,7,16H2,1-3H3. The molecule has 0 spiro atoms. The Morgan fingerprint density at radius 3 is 2.74 bits per heavy atom. The number of pyridine rings is 1. The molecule has 2 rings (SSSR count). The SMILES string of the molecule is CCCn1ncc(Br)c1C(N)c1ccc(C)nc1C. The minimum atomic E-state index is -0.212. The molecule has 1 unspecified atom stereocenters. The van der Waals surface area contributed by atoms with Crippen molar-refractivity contribution in [3.8, 4) is 0 Å².